The van der Waals surface area contributed by atoms with Crippen molar-refractivity contribution in [2.24, 2.45) is 12.9 Å². The molecule has 0 saturated heterocycles. The van der Waals surface area contributed by atoms with Gasteiger partial charge in [-0.15, -0.1) is 0 Å². The first-order valence-electron chi connectivity index (χ1n) is 6.40. The number of nitrogens with one attached hydrogen (secondary N) is 1. The van der Waals surface area contributed by atoms with Crippen molar-refractivity contribution in [2.75, 3.05) is 0 Å². The molecule has 1 heterocycles. The van der Waals surface area contributed by atoms with E-state index in [0.717, 1.165) is 15.9 Å². The molecular weight excluding hydrogens is 323 g/mol. The zero-order chi connectivity index (χ0) is 14.7. The number of hydrogen-bond acceptors (Lipinski definition) is 3. The van der Waals surface area contributed by atoms with Crippen molar-refractivity contribution in [2.45, 2.75) is 25.8 Å². The van der Waals surface area contributed by atoms with Crippen LogP contribution in [0, 0.1) is 12.7 Å². The third-order valence-electron chi connectivity index (χ3n) is 3.36. The van der Waals surface area contributed by atoms with Crippen molar-refractivity contribution in [3.8, 4) is 0 Å². The molecular formula is C14H18BrFN4. The Hall–Kier alpha value is -1.24. The van der Waals surface area contributed by atoms with Gasteiger partial charge >= 0.3 is 0 Å². The molecule has 0 aliphatic heterocycles. The minimum atomic E-state index is -0.201. The third-order valence-corrected chi connectivity index (χ3v) is 4.39. The Morgan fingerprint density at radius 1 is 1.40 bits per heavy atom. The van der Waals surface area contributed by atoms with Crippen molar-refractivity contribution >= 4 is 15.9 Å². The number of halogens is 2. The van der Waals surface area contributed by atoms with E-state index in [0.29, 0.717) is 18.4 Å². The summed E-state index contributed by atoms with van der Waals surface area (Å²) in [6, 6.07) is 6.70. The summed E-state index contributed by atoms with van der Waals surface area (Å²) in [4.78, 5) is 0. The van der Waals surface area contributed by atoms with Gasteiger partial charge in [0.1, 0.15) is 5.82 Å². The fourth-order valence-corrected chi connectivity index (χ4v) is 2.75. The first-order chi connectivity index (χ1) is 9.52. The predicted octanol–water partition coefficient (Wildman–Crippen LogP) is 2.25. The molecule has 0 fully saturated rings. The summed E-state index contributed by atoms with van der Waals surface area (Å²) in [5, 5.41) is 4.35. The number of hydrazine groups is 1. The average molecular weight is 341 g/mol. The second-order valence-electron chi connectivity index (χ2n) is 4.83. The van der Waals surface area contributed by atoms with Crippen LogP contribution in [0.5, 0.6) is 0 Å². The first-order valence-corrected chi connectivity index (χ1v) is 7.19. The van der Waals surface area contributed by atoms with Gasteiger partial charge in [-0.25, -0.2) is 4.39 Å². The lowest BCUT2D eigenvalue weighted by Crippen LogP contribution is -2.39. The molecule has 20 heavy (non-hydrogen) atoms. The average Bonchev–Trinajstić information content (AvgIpc) is 2.66. The fraction of sp³-hybridized carbons (Fsp3) is 0.357. The molecule has 0 amide bonds. The number of benzene rings is 1. The maximum atomic E-state index is 13.7. The van der Waals surface area contributed by atoms with Gasteiger partial charge in [0.15, 0.2) is 0 Å². The van der Waals surface area contributed by atoms with E-state index in [2.05, 4.69) is 26.5 Å². The summed E-state index contributed by atoms with van der Waals surface area (Å²) in [5.74, 6) is 5.41. The molecule has 0 saturated carbocycles. The van der Waals surface area contributed by atoms with Gasteiger partial charge in [-0.3, -0.25) is 16.0 Å². The van der Waals surface area contributed by atoms with E-state index in [1.807, 2.05) is 24.7 Å². The molecule has 1 aromatic heterocycles. The molecule has 4 nitrogen and oxygen atoms in total. The Morgan fingerprint density at radius 2 is 2.10 bits per heavy atom. The quantitative estimate of drug-likeness (QED) is 0.648. The second kappa shape index (κ2) is 6.47. The highest BCUT2D eigenvalue weighted by molar-refractivity contribution is 9.10. The Balaban J connectivity index is 2.15. The SMILES string of the molecule is Cc1nn(C)c(CC(Cc2ccccc2F)NN)c1Br. The lowest BCUT2D eigenvalue weighted by atomic mass is 10.0. The molecule has 0 aliphatic rings. The van der Waals surface area contributed by atoms with E-state index in [1.54, 1.807) is 12.1 Å². The Bertz CT molecular complexity index is 597. The van der Waals surface area contributed by atoms with Crippen LogP contribution in [-0.2, 0) is 19.9 Å². The van der Waals surface area contributed by atoms with Crippen molar-refractivity contribution in [1.82, 2.24) is 15.2 Å². The summed E-state index contributed by atoms with van der Waals surface area (Å²) in [6.07, 6.45) is 1.20. The van der Waals surface area contributed by atoms with Gasteiger partial charge < -0.3 is 0 Å². The van der Waals surface area contributed by atoms with Crippen molar-refractivity contribution in [3.05, 3.63) is 51.5 Å². The molecule has 1 unspecified atom stereocenters. The maximum absolute atomic E-state index is 13.7. The van der Waals surface area contributed by atoms with Crippen molar-refractivity contribution < 1.29 is 4.39 Å². The third kappa shape index (κ3) is 3.26. The number of aryl methyl sites for hydroxylation is 2. The molecule has 6 heteroatoms. The number of rotatable bonds is 5. The number of nitrogens with two attached hydrogens (primary N) is 1. The molecule has 1 atom stereocenters. The van der Waals surface area contributed by atoms with Crippen molar-refractivity contribution in [3.63, 3.8) is 0 Å². The van der Waals surface area contributed by atoms with E-state index < -0.39 is 0 Å². The van der Waals surface area contributed by atoms with E-state index in [4.69, 9.17) is 5.84 Å². The number of hydrogen-bond donors (Lipinski definition) is 2. The maximum Gasteiger partial charge on any atom is 0.126 e. The Morgan fingerprint density at radius 3 is 2.65 bits per heavy atom. The van der Waals surface area contributed by atoms with Crippen LogP contribution >= 0.6 is 15.9 Å². The molecule has 0 radical (unpaired) electrons. The topological polar surface area (TPSA) is 55.9 Å². The minimum absolute atomic E-state index is 0.0574. The van der Waals surface area contributed by atoms with Crippen molar-refractivity contribution in [1.29, 1.82) is 0 Å². The summed E-state index contributed by atoms with van der Waals surface area (Å²) in [6.45, 7) is 1.94. The highest BCUT2D eigenvalue weighted by atomic mass is 79.9. The van der Waals surface area contributed by atoms with E-state index >= 15 is 0 Å². The minimum Gasteiger partial charge on any atom is -0.271 e. The van der Waals surface area contributed by atoms with E-state index in [9.17, 15) is 4.39 Å². The predicted molar refractivity (Wildman–Crippen MR) is 80.6 cm³/mol. The van der Waals surface area contributed by atoms with Crippen LogP contribution in [0.2, 0.25) is 0 Å². The standard InChI is InChI=1S/C14H18BrFN4/c1-9-14(15)13(20(2)19-9)8-11(18-17)7-10-5-3-4-6-12(10)16/h3-6,11,18H,7-8,17H2,1-2H3. The van der Waals surface area contributed by atoms with E-state index in [1.165, 1.54) is 6.07 Å². The van der Waals surface area contributed by atoms with Gasteiger partial charge in [-0.2, -0.15) is 5.10 Å². The van der Waals surface area contributed by atoms with Crippen LogP contribution in [0.15, 0.2) is 28.7 Å². The molecule has 0 bridgehead atoms. The van der Waals surface area contributed by atoms with Crippen LogP contribution in [-0.4, -0.2) is 15.8 Å². The highest BCUT2D eigenvalue weighted by Gasteiger charge is 2.17. The smallest absolute Gasteiger partial charge is 0.126 e. The lowest BCUT2D eigenvalue weighted by molar-refractivity contribution is 0.492. The molecule has 2 rings (SSSR count). The molecule has 108 valence electrons. The second-order valence-corrected chi connectivity index (χ2v) is 5.63. The lowest BCUT2D eigenvalue weighted by Gasteiger charge is -2.16. The van der Waals surface area contributed by atoms with Crippen LogP contribution in [0.3, 0.4) is 0 Å². The van der Waals surface area contributed by atoms with Gasteiger partial charge in [0, 0.05) is 19.5 Å². The van der Waals surface area contributed by atoms with Gasteiger partial charge in [0.2, 0.25) is 0 Å². The fourth-order valence-electron chi connectivity index (χ4n) is 2.25. The zero-order valence-electron chi connectivity index (χ0n) is 11.5. The molecule has 0 aliphatic carbocycles. The van der Waals surface area contributed by atoms with Crippen LogP contribution < -0.4 is 11.3 Å². The van der Waals surface area contributed by atoms with E-state index in [-0.39, 0.29) is 11.9 Å². The zero-order valence-corrected chi connectivity index (χ0v) is 13.1. The molecule has 3 N–H and O–H groups in total. The number of nitrogens with zero attached hydrogens (tertiary/aromatic N) is 2. The van der Waals surface area contributed by atoms with Crippen LogP contribution in [0.4, 0.5) is 4.39 Å². The van der Waals surface area contributed by atoms with Crippen LogP contribution in [0.1, 0.15) is 17.0 Å². The van der Waals surface area contributed by atoms with Gasteiger partial charge in [0.25, 0.3) is 0 Å². The normalized spacial score (nSPS) is 12.7. The number of aromatic nitrogens is 2. The molecule has 2 aromatic rings. The van der Waals surface area contributed by atoms with Crippen LogP contribution in [0.25, 0.3) is 0 Å². The molecule has 0 spiro atoms. The van der Waals surface area contributed by atoms with Gasteiger partial charge in [-0.1, -0.05) is 18.2 Å². The van der Waals surface area contributed by atoms with Gasteiger partial charge in [-0.05, 0) is 40.9 Å². The van der Waals surface area contributed by atoms with Gasteiger partial charge in [0.05, 0.1) is 15.9 Å². The summed E-state index contributed by atoms with van der Waals surface area (Å²) in [5.41, 5.74) is 5.40. The highest BCUT2D eigenvalue weighted by Crippen LogP contribution is 2.22. The Kier molecular flexibility index (Phi) is 4.91. The first kappa shape index (κ1) is 15.2. The monoisotopic (exact) mass is 340 g/mol. The largest absolute Gasteiger partial charge is 0.271 e. The summed E-state index contributed by atoms with van der Waals surface area (Å²) in [7, 11) is 1.89. The Labute approximate surface area is 126 Å². The molecule has 1 aromatic carbocycles. The summed E-state index contributed by atoms with van der Waals surface area (Å²) >= 11 is 3.53. The summed E-state index contributed by atoms with van der Waals surface area (Å²) < 4.78 is 16.5.